The van der Waals surface area contributed by atoms with Gasteiger partial charge in [0, 0.05) is 6.04 Å². The minimum Gasteiger partial charge on any atom is -0.376 e. The lowest BCUT2D eigenvalue weighted by Crippen LogP contribution is -2.31. The van der Waals surface area contributed by atoms with Crippen LogP contribution in [0.2, 0.25) is 0 Å². The van der Waals surface area contributed by atoms with E-state index in [1.807, 2.05) is 13.8 Å². The van der Waals surface area contributed by atoms with Crippen LogP contribution in [-0.4, -0.2) is 17.6 Å². The van der Waals surface area contributed by atoms with Gasteiger partial charge in [0.25, 0.3) is 0 Å². The highest BCUT2D eigenvalue weighted by Gasteiger charge is 1.92. The van der Waals surface area contributed by atoms with Crippen molar-refractivity contribution in [2.75, 3.05) is 6.54 Å². The average molecular weight is 131 g/mol. The Morgan fingerprint density at radius 1 is 1.75 bits per heavy atom. The summed E-state index contributed by atoms with van der Waals surface area (Å²) in [5.74, 6) is 0. The van der Waals surface area contributed by atoms with Gasteiger partial charge in [-0.05, 0) is 13.8 Å². The topological polar surface area (TPSA) is 35.8 Å². The predicted octanol–water partition coefficient (Wildman–Crippen LogP) is 0.595. The molecule has 0 aromatic rings. The molecule has 2 nitrogen and oxygen atoms in total. The van der Waals surface area contributed by atoms with E-state index < -0.39 is 0 Å². The van der Waals surface area contributed by atoms with Crippen molar-refractivity contribution < 1.29 is 0 Å². The molecule has 8 heavy (non-hydrogen) atoms. The molecule has 0 aromatic carbocycles. The van der Waals surface area contributed by atoms with Gasteiger partial charge >= 0.3 is 0 Å². The second kappa shape index (κ2) is 3.80. The van der Waals surface area contributed by atoms with Crippen molar-refractivity contribution in [1.82, 2.24) is 11.1 Å². The largest absolute Gasteiger partial charge is 0.376 e. The summed E-state index contributed by atoms with van der Waals surface area (Å²) in [7, 11) is 0. The van der Waals surface area contributed by atoms with Crippen LogP contribution in [0, 0.1) is 0 Å². The van der Waals surface area contributed by atoms with Gasteiger partial charge in [0.2, 0.25) is 0 Å². The Bertz CT molecular complexity index is 80.5. The van der Waals surface area contributed by atoms with Crippen molar-refractivity contribution in [2.24, 2.45) is 0 Å². The Balaban J connectivity index is 3.25. The normalized spacial score (nSPS) is 9.50. The van der Waals surface area contributed by atoms with Crippen molar-refractivity contribution in [1.29, 1.82) is 0 Å². The standard InChI is InChI=1S/C5H11N2S/c1-4(2)7-5(8)3-6/h4,6H,3H2,1-2H3,(H,7,8). The minimum atomic E-state index is 0.202. The Morgan fingerprint density at radius 3 is 2.38 bits per heavy atom. The van der Waals surface area contributed by atoms with Gasteiger partial charge in [-0.15, -0.1) is 0 Å². The Kier molecular flexibility index (Phi) is 3.73. The quantitative estimate of drug-likeness (QED) is 0.557. The van der Waals surface area contributed by atoms with Crippen LogP contribution in [0.1, 0.15) is 13.8 Å². The SMILES string of the molecule is CC(C)NC(=S)C[NH]. The molecule has 0 amide bonds. The van der Waals surface area contributed by atoms with Gasteiger partial charge in [-0.3, -0.25) is 5.73 Å². The Morgan fingerprint density at radius 2 is 2.25 bits per heavy atom. The van der Waals surface area contributed by atoms with Crippen molar-refractivity contribution in [3.05, 3.63) is 0 Å². The second-order valence-electron chi connectivity index (χ2n) is 1.90. The molecule has 0 aliphatic rings. The van der Waals surface area contributed by atoms with Gasteiger partial charge in [-0.1, -0.05) is 12.2 Å². The van der Waals surface area contributed by atoms with Gasteiger partial charge in [0.05, 0.1) is 11.5 Å². The van der Waals surface area contributed by atoms with Crippen LogP contribution in [0.5, 0.6) is 0 Å². The summed E-state index contributed by atoms with van der Waals surface area (Å²) < 4.78 is 0. The molecular formula is C5H11N2S. The fourth-order valence-electron chi connectivity index (χ4n) is 0.373. The van der Waals surface area contributed by atoms with Crippen LogP contribution in [0.25, 0.3) is 0 Å². The summed E-state index contributed by atoms with van der Waals surface area (Å²) in [4.78, 5) is 0.625. The molecule has 0 unspecified atom stereocenters. The molecular weight excluding hydrogens is 120 g/mol. The molecule has 0 saturated carbocycles. The third-order valence-corrected chi connectivity index (χ3v) is 0.872. The summed E-state index contributed by atoms with van der Waals surface area (Å²) >= 11 is 4.73. The lowest BCUT2D eigenvalue weighted by Gasteiger charge is -2.07. The van der Waals surface area contributed by atoms with Crippen LogP contribution in [-0.2, 0) is 0 Å². The highest BCUT2D eigenvalue weighted by atomic mass is 32.1. The van der Waals surface area contributed by atoms with Crippen LogP contribution in [0.3, 0.4) is 0 Å². The van der Waals surface area contributed by atoms with Gasteiger partial charge in [-0.25, -0.2) is 0 Å². The number of hydrogen-bond donors (Lipinski definition) is 1. The summed E-state index contributed by atoms with van der Waals surface area (Å²) in [6, 6.07) is 0.368. The molecule has 3 heteroatoms. The monoisotopic (exact) mass is 131 g/mol. The lowest BCUT2D eigenvalue weighted by atomic mass is 10.4. The molecule has 1 radical (unpaired) electrons. The smallest absolute Gasteiger partial charge is 0.0909 e. The molecule has 0 aromatic heterocycles. The van der Waals surface area contributed by atoms with E-state index >= 15 is 0 Å². The summed E-state index contributed by atoms with van der Waals surface area (Å²) in [5.41, 5.74) is 6.80. The summed E-state index contributed by atoms with van der Waals surface area (Å²) in [6.07, 6.45) is 0. The Hall–Kier alpha value is -0.150. The first kappa shape index (κ1) is 7.85. The lowest BCUT2D eigenvalue weighted by molar-refractivity contribution is 0.733. The number of rotatable bonds is 2. The maximum absolute atomic E-state index is 6.80. The first-order chi connectivity index (χ1) is 3.66. The summed E-state index contributed by atoms with van der Waals surface area (Å²) in [5, 5.41) is 2.94. The fraction of sp³-hybridized carbons (Fsp3) is 0.800. The third-order valence-electron chi connectivity index (χ3n) is 0.610. The van der Waals surface area contributed by atoms with Gasteiger partial charge in [0.1, 0.15) is 0 Å². The van der Waals surface area contributed by atoms with E-state index in [-0.39, 0.29) is 6.54 Å². The molecule has 0 spiro atoms. The summed E-state index contributed by atoms with van der Waals surface area (Å²) in [6.45, 7) is 4.21. The minimum absolute atomic E-state index is 0.202. The first-order valence-electron chi connectivity index (χ1n) is 2.60. The molecule has 0 aliphatic heterocycles. The van der Waals surface area contributed by atoms with E-state index in [1.54, 1.807) is 0 Å². The number of thiocarbonyl (C=S) groups is 1. The van der Waals surface area contributed by atoms with E-state index in [0.717, 1.165) is 0 Å². The number of hydrogen-bond acceptors (Lipinski definition) is 1. The van der Waals surface area contributed by atoms with Crippen LogP contribution >= 0.6 is 12.2 Å². The van der Waals surface area contributed by atoms with Crippen LogP contribution < -0.4 is 11.1 Å². The molecule has 0 rings (SSSR count). The van der Waals surface area contributed by atoms with Gasteiger partial charge < -0.3 is 5.32 Å². The first-order valence-corrected chi connectivity index (χ1v) is 3.01. The van der Waals surface area contributed by atoms with E-state index in [0.29, 0.717) is 11.0 Å². The van der Waals surface area contributed by atoms with Crippen molar-refractivity contribution in [3.8, 4) is 0 Å². The molecule has 0 aliphatic carbocycles. The average Bonchev–Trinajstić information content (AvgIpc) is 1.65. The zero-order valence-corrected chi connectivity index (χ0v) is 6.01. The zero-order valence-electron chi connectivity index (χ0n) is 5.19. The maximum Gasteiger partial charge on any atom is 0.0909 e. The highest BCUT2D eigenvalue weighted by Crippen LogP contribution is 1.76. The zero-order chi connectivity index (χ0) is 6.57. The van der Waals surface area contributed by atoms with Gasteiger partial charge in [-0.2, -0.15) is 0 Å². The number of nitrogens with one attached hydrogen (secondary N) is 2. The van der Waals surface area contributed by atoms with E-state index in [2.05, 4.69) is 5.32 Å². The van der Waals surface area contributed by atoms with Crippen LogP contribution in [0.15, 0.2) is 0 Å². The van der Waals surface area contributed by atoms with Gasteiger partial charge in [0.15, 0.2) is 0 Å². The predicted molar refractivity (Wildman–Crippen MR) is 38.8 cm³/mol. The molecule has 0 fully saturated rings. The van der Waals surface area contributed by atoms with E-state index in [4.69, 9.17) is 18.0 Å². The van der Waals surface area contributed by atoms with E-state index in [9.17, 15) is 0 Å². The van der Waals surface area contributed by atoms with Crippen molar-refractivity contribution >= 4 is 17.2 Å². The highest BCUT2D eigenvalue weighted by molar-refractivity contribution is 7.80. The van der Waals surface area contributed by atoms with Crippen molar-refractivity contribution in [2.45, 2.75) is 19.9 Å². The molecule has 0 saturated heterocycles. The van der Waals surface area contributed by atoms with E-state index in [1.165, 1.54) is 0 Å². The van der Waals surface area contributed by atoms with Crippen molar-refractivity contribution in [3.63, 3.8) is 0 Å². The molecule has 0 bridgehead atoms. The third kappa shape index (κ3) is 4.02. The molecule has 2 N–H and O–H groups in total. The molecule has 47 valence electrons. The molecule has 0 heterocycles. The fourth-order valence-corrected chi connectivity index (χ4v) is 0.609. The Labute approximate surface area is 55.4 Å². The molecule has 0 atom stereocenters. The van der Waals surface area contributed by atoms with Crippen LogP contribution in [0.4, 0.5) is 0 Å². The second-order valence-corrected chi connectivity index (χ2v) is 2.39. The maximum atomic E-state index is 6.80.